The molecule has 23 heavy (non-hydrogen) atoms. The summed E-state index contributed by atoms with van der Waals surface area (Å²) < 4.78 is 12.6. The first-order valence-electron chi connectivity index (χ1n) is 7.95. The largest absolute Gasteiger partial charge is 0.489 e. The molecule has 1 aliphatic rings. The van der Waals surface area contributed by atoms with Crippen LogP contribution in [0.3, 0.4) is 0 Å². The lowest BCUT2D eigenvalue weighted by Gasteiger charge is -2.18. The van der Waals surface area contributed by atoms with Crippen LogP contribution in [-0.2, 0) is 17.9 Å². The van der Waals surface area contributed by atoms with Gasteiger partial charge in [0.15, 0.2) is 0 Å². The van der Waals surface area contributed by atoms with Crippen LogP contribution in [0.1, 0.15) is 17.5 Å². The van der Waals surface area contributed by atoms with E-state index < -0.39 is 0 Å². The lowest BCUT2D eigenvalue weighted by molar-refractivity contribution is 0.107. The fraction of sp³-hybridized carbons (Fsp3) is 0.368. The van der Waals surface area contributed by atoms with Crippen LogP contribution >= 0.6 is 15.9 Å². The summed E-state index contributed by atoms with van der Waals surface area (Å²) in [6.45, 7) is 3.56. The molecule has 0 spiro atoms. The van der Waals surface area contributed by atoms with Crippen LogP contribution in [0.5, 0.6) is 5.75 Å². The summed E-state index contributed by atoms with van der Waals surface area (Å²) in [5, 5.41) is 0. The Kier molecular flexibility index (Phi) is 5.70. The van der Waals surface area contributed by atoms with Crippen LogP contribution in [0.4, 0.5) is 0 Å². The van der Waals surface area contributed by atoms with E-state index in [4.69, 9.17) is 9.47 Å². The van der Waals surface area contributed by atoms with Crippen molar-refractivity contribution in [2.75, 3.05) is 20.2 Å². The molecule has 122 valence electrons. The SMILES string of the molecule is CO[C@@H]1CCN(Cc2ccc(Br)cc2OCc2ccccc2)C1. The third kappa shape index (κ3) is 4.56. The van der Waals surface area contributed by atoms with Crippen LogP contribution in [0, 0.1) is 0 Å². The molecule has 0 saturated carbocycles. The number of ether oxygens (including phenoxy) is 2. The van der Waals surface area contributed by atoms with Gasteiger partial charge in [0, 0.05) is 36.8 Å². The highest BCUT2D eigenvalue weighted by Crippen LogP contribution is 2.27. The highest BCUT2D eigenvalue weighted by molar-refractivity contribution is 9.10. The molecule has 1 heterocycles. The number of benzene rings is 2. The summed E-state index contributed by atoms with van der Waals surface area (Å²) in [6, 6.07) is 16.5. The number of hydrogen-bond donors (Lipinski definition) is 0. The molecule has 0 amide bonds. The van der Waals surface area contributed by atoms with Crippen LogP contribution in [0.2, 0.25) is 0 Å². The molecule has 3 rings (SSSR count). The van der Waals surface area contributed by atoms with Gasteiger partial charge in [0.1, 0.15) is 12.4 Å². The van der Waals surface area contributed by atoms with Crippen molar-refractivity contribution in [1.82, 2.24) is 4.90 Å². The van der Waals surface area contributed by atoms with Crippen molar-refractivity contribution in [1.29, 1.82) is 0 Å². The van der Waals surface area contributed by atoms with Crippen molar-refractivity contribution in [2.45, 2.75) is 25.7 Å². The van der Waals surface area contributed by atoms with Crippen LogP contribution < -0.4 is 4.74 Å². The Morgan fingerprint density at radius 3 is 2.74 bits per heavy atom. The Bertz CT molecular complexity index is 633. The number of rotatable bonds is 6. The highest BCUT2D eigenvalue weighted by atomic mass is 79.9. The first-order valence-corrected chi connectivity index (χ1v) is 8.74. The van der Waals surface area contributed by atoms with Gasteiger partial charge in [0.25, 0.3) is 0 Å². The molecule has 3 nitrogen and oxygen atoms in total. The average Bonchev–Trinajstić information content (AvgIpc) is 3.04. The third-order valence-electron chi connectivity index (χ3n) is 4.22. The molecule has 0 aromatic heterocycles. The van der Waals surface area contributed by atoms with E-state index >= 15 is 0 Å². The zero-order valence-corrected chi connectivity index (χ0v) is 15.0. The average molecular weight is 376 g/mol. The van der Waals surface area contributed by atoms with Gasteiger partial charge in [-0.25, -0.2) is 0 Å². The van der Waals surface area contributed by atoms with Gasteiger partial charge >= 0.3 is 0 Å². The first kappa shape index (κ1) is 16.5. The van der Waals surface area contributed by atoms with E-state index in [1.807, 2.05) is 18.2 Å². The monoisotopic (exact) mass is 375 g/mol. The van der Waals surface area contributed by atoms with Crippen LogP contribution in [0.25, 0.3) is 0 Å². The minimum Gasteiger partial charge on any atom is -0.489 e. The van der Waals surface area contributed by atoms with Crippen molar-refractivity contribution >= 4 is 15.9 Å². The van der Waals surface area contributed by atoms with Gasteiger partial charge in [-0.1, -0.05) is 52.3 Å². The minimum atomic E-state index is 0.360. The molecule has 0 unspecified atom stereocenters. The number of methoxy groups -OCH3 is 1. The Labute approximate surface area is 146 Å². The molecular formula is C19H22BrNO2. The van der Waals surface area contributed by atoms with E-state index in [2.05, 4.69) is 51.2 Å². The maximum absolute atomic E-state index is 6.08. The molecule has 4 heteroatoms. The molecule has 1 atom stereocenters. The zero-order chi connectivity index (χ0) is 16.1. The number of nitrogens with zero attached hydrogens (tertiary/aromatic N) is 1. The van der Waals surface area contributed by atoms with E-state index in [0.717, 1.165) is 36.3 Å². The second-order valence-electron chi connectivity index (χ2n) is 5.91. The quantitative estimate of drug-likeness (QED) is 0.753. The maximum Gasteiger partial charge on any atom is 0.125 e. The van der Waals surface area contributed by atoms with Gasteiger partial charge in [-0.05, 0) is 24.1 Å². The normalized spacial score (nSPS) is 18.3. The van der Waals surface area contributed by atoms with Crippen molar-refractivity contribution < 1.29 is 9.47 Å². The topological polar surface area (TPSA) is 21.7 Å². The van der Waals surface area contributed by atoms with Gasteiger partial charge in [0.05, 0.1) is 6.10 Å². The van der Waals surface area contributed by atoms with Gasteiger partial charge in [-0.2, -0.15) is 0 Å². The zero-order valence-electron chi connectivity index (χ0n) is 13.4. The smallest absolute Gasteiger partial charge is 0.125 e. The van der Waals surface area contributed by atoms with Crippen LogP contribution in [0.15, 0.2) is 53.0 Å². The van der Waals surface area contributed by atoms with Crippen molar-refractivity contribution in [3.63, 3.8) is 0 Å². The summed E-state index contributed by atoms with van der Waals surface area (Å²) in [5.41, 5.74) is 2.40. The maximum atomic E-state index is 6.08. The molecule has 2 aromatic carbocycles. The van der Waals surface area contributed by atoms with Gasteiger partial charge in [-0.3, -0.25) is 4.90 Å². The fourth-order valence-corrected chi connectivity index (χ4v) is 3.24. The molecule has 1 saturated heterocycles. The summed E-state index contributed by atoms with van der Waals surface area (Å²) in [6.07, 6.45) is 1.46. The van der Waals surface area contributed by atoms with E-state index in [1.165, 1.54) is 11.1 Å². The Morgan fingerprint density at radius 2 is 2.00 bits per heavy atom. The second-order valence-corrected chi connectivity index (χ2v) is 6.82. The van der Waals surface area contributed by atoms with Crippen molar-refractivity contribution in [3.8, 4) is 5.75 Å². The van der Waals surface area contributed by atoms with Gasteiger partial charge < -0.3 is 9.47 Å². The lowest BCUT2D eigenvalue weighted by atomic mass is 10.2. The Balaban J connectivity index is 1.68. The van der Waals surface area contributed by atoms with Crippen molar-refractivity contribution in [2.24, 2.45) is 0 Å². The molecule has 0 radical (unpaired) electrons. The first-order chi connectivity index (χ1) is 11.2. The Hall–Kier alpha value is -1.36. The minimum absolute atomic E-state index is 0.360. The molecule has 1 aliphatic heterocycles. The van der Waals surface area contributed by atoms with E-state index in [0.29, 0.717) is 12.7 Å². The molecule has 0 aliphatic carbocycles. The molecule has 1 fully saturated rings. The van der Waals surface area contributed by atoms with E-state index in [-0.39, 0.29) is 0 Å². The van der Waals surface area contributed by atoms with Crippen molar-refractivity contribution in [3.05, 3.63) is 64.1 Å². The number of likely N-dealkylation sites (tertiary alicyclic amines) is 1. The molecule has 0 bridgehead atoms. The summed E-state index contributed by atoms with van der Waals surface area (Å²) in [7, 11) is 1.79. The second kappa shape index (κ2) is 7.95. The molecular weight excluding hydrogens is 354 g/mol. The lowest BCUT2D eigenvalue weighted by Crippen LogP contribution is -2.22. The predicted molar refractivity (Wildman–Crippen MR) is 95.6 cm³/mol. The van der Waals surface area contributed by atoms with E-state index in [1.54, 1.807) is 7.11 Å². The van der Waals surface area contributed by atoms with Gasteiger partial charge in [0.2, 0.25) is 0 Å². The predicted octanol–water partition coefficient (Wildman–Crippen LogP) is 4.25. The fourth-order valence-electron chi connectivity index (χ4n) is 2.90. The van der Waals surface area contributed by atoms with Gasteiger partial charge in [-0.15, -0.1) is 0 Å². The number of hydrogen-bond acceptors (Lipinski definition) is 3. The summed E-state index contributed by atoms with van der Waals surface area (Å²) in [4.78, 5) is 2.42. The molecule has 0 N–H and O–H groups in total. The summed E-state index contributed by atoms with van der Waals surface area (Å²) in [5.74, 6) is 0.948. The summed E-state index contributed by atoms with van der Waals surface area (Å²) >= 11 is 3.54. The number of halogens is 1. The van der Waals surface area contributed by atoms with E-state index in [9.17, 15) is 0 Å². The third-order valence-corrected chi connectivity index (χ3v) is 4.72. The Morgan fingerprint density at radius 1 is 1.17 bits per heavy atom. The standard InChI is InChI=1S/C19H22BrNO2/c1-22-18-9-10-21(13-18)12-16-7-8-17(20)11-19(16)23-14-15-5-3-2-4-6-15/h2-8,11,18H,9-10,12-14H2,1H3/t18-/m1/s1. The van der Waals surface area contributed by atoms with Crippen LogP contribution in [-0.4, -0.2) is 31.2 Å². The highest BCUT2D eigenvalue weighted by Gasteiger charge is 2.22. The molecule has 2 aromatic rings.